The Morgan fingerprint density at radius 3 is 2.33 bits per heavy atom. The van der Waals surface area contributed by atoms with Crippen molar-refractivity contribution in [1.29, 1.82) is 0 Å². The number of rotatable bonds is 2. The van der Waals surface area contributed by atoms with E-state index in [1.807, 2.05) is 0 Å². The van der Waals surface area contributed by atoms with Crippen LogP contribution in [-0.2, 0) is 0 Å². The number of hydrogen-bond acceptors (Lipinski definition) is 2. The standard InChI is InChI=1S/C9H9BrO2/c10-6-2-3-7-8(11)4-1-5-9(7)12/h1-5,11-12H,6H2. The van der Waals surface area contributed by atoms with E-state index in [1.54, 1.807) is 18.2 Å². The minimum absolute atomic E-state index is 0.0900. The van der Waals surface area contributed by atoms with Crippen LogP contribution in [0.15, 0.2) is 24.3 Å². The van der Waals surface area contributed by atoms with Gasteiger partial charge in [0.15, 0.2) is 0 Å². The van der Waals surface area contributed by atoms with E-state index in [0.29, 0.717) is 10.9 Å². The van der Waals surface area contributed by atoms with Crippen molar-refractivity contribution in [2.45, 2.75) is 0 Å². The van der Waals surface area contributed by atoms with Crippen LogP contribution in [0.4, 0.5) is 0 Å². The summed E-state index contributed by atoms with van der Waals surface area (Å²) in [5.41, 5.74) is 0.456. The lowest BCUT2D eigenvalue weighted by atomic mass is 10.1. The SMILES string of the molecule is Oc1cccc(O)c1C=CCBr. The molecule has 0 radical (unpaired) electrons. The van der Waals surface area contributed by atoms with E-state index in [0.717, 1.165) is 0 Å². The zero-order valence-electron chi connectivity index (χ0n) is 6.37. The van der Waals surface area contributed by atoms with Crippen LogP contribution in [0.2, 0.25) is 0 Å². The molecule has 1 rings (SSSR count). The number of phenols is 2. The molecule has 0 saturated heterocycles. The Morgan fingerprint density at radius 1 is 1.25 bits per heavy atom. The first-order chi connectivity index (χ1) is 5.75. The van der Waals surface area contributed by atoms with Crippen molar-refractivity contribution in [2.75, 3.05) is 5.33 Å². The Bertz CT molecular complexity index is 274. The molecule has 0 aliphatic carbocycles. The highest BCUT2D eigenvalue weighted by atomic mass is 79.9. The Kier molecular flexibility index (Phi) is 3.17. The third-order valence-corrected chi connectivity index (χ3v) is 1.81. The van der Waals surface area contributed by atoms with E-state index in [9.17, 15) is 10.2 Å². The number of phenolic OH excluding ortho intramolecular Hbond substituents is 2. The van der Waals surface area contributed by atoms with Gasteiger partial charge >= 0.3 is 0 Å². The molecule has 0 aromatic heterocycles. The molecule has 12 heavy (non-hydrogen) atoms. The molecule has 3 heteroatoms. The lowest BCUT2D eigenvalue weighted by molar-refractivity contribution is 0.448. The van der Waals surface area contributed by atoms with Gasteiger partial charge in [0.1, 0.15) is 11.5 Å². The summed E-state index contributed by atoms with van der Waals surface area (Å²) in [6, 6.07) is 4.66. The Hall–Kier alpha value is -0.960. The highest BCUT2D eigenvalue weighted by Crippen LogP contribution is 2.27. The molecule has 0 fully saturated rings. The molecule has 0 aliphatic heterocycles. The molecule has 1 aromatic rings. The average molecular weight is 229 g/mol. The molecule has 0 amide bonds. The van der Waals surface area contributed by atoms with Gasteiger partial charge in [-0.25, -0.2) is 0 Å². The predicted molar refractivity (Wildman–Crippen MR) is 52.6 cm³/mol. The van der Waals surface area contributed by atoms with E-state index in [1.165, 1.54) is 12.1 Å². The maximum Gasteiger partial charge on any atom is 0.126 e. The summed E-state index contributed by atoms with van der Waals surface area (Å²) in [6.45, 7) is 0. The number of halogens is 1. The van der Waals surface area contributed by atoms with Crippen molar-refractivity contribution in [3.8, 4) is 11.5 Å². The van der Waals surface area contributed by atoms with Gasteiger partial charge in [0.2, 0.25) is 0 Å². The summed E-state index contributed by atoms with van der Waals surface area (Å²) in [7, 11) is 0. The van der Waals surface area contributed by atoms with E-state index < -0.39 is 0 Å². The first-order valence-corrected chi connectivity index (χ1v) is 4.61. The van der Waals surface area contributed by atoms with Gasteiger partial charge in [-0.15, -0.1) is 0 Å². The first-order valence-electron chi connectivity index (χ1n) is 3.49. The van der Waals surface area contributed by atoms with Crippen molar-refractivity contribution in [1.82, 2.24) is 0 Å². The van der Waals surface area contributed by atoms with Crippen LogP contribution in [0.25, 0.3) is 6.08 Å². The van der Waals surface area contributed by atoms with Gasteiger partial charge in [0.25, 0.3) is 0 Å². The summed E-state index contributed by atoms with van der Waals surface area (Å²) >= 11 is 3.21. The topological polar surface area (TPSA) is 40.5 Å². The minimum Gasteiger partial charge on any atom is -0.507 e. The smallest absolute Gasteiger partial charge is 0.126 e. The molecule has 0 saturated carbocycles. The van der Waals surface area contributed by atoms with Gasteiger partial charge in [-0.2, -0.15) is 0 Å². The zero-order valence-corrected chi connectivity index (χ0v) is 7.95. The fourth-order valence-corrected chi connectivity index (χ4v) is 1.06. The van der Waals surface area contributed by atoms with Gasteiger partial charge in [-0.1, -0.05) is 34.1 Å². The number of benzene rings is 1. The van der Waals surface area contributed by atoms with Crippen molar-refractivity contribution in [3.63, 3.8) is 0 Å². The quantitative estimate of drug-likeness (QED) is 0.765. The maximum atomic E-state index is 9.29. The van der Waals surface area contributed by atoms with E-state index in [4.69, 9.17) is 0 Å². The van der Waals surface area contributed by atoms with Gasteiger partial charge in [-0.05, 0) is 12.1 Å². The van der Waals surface area contributed by atoms with Crippen molar-refractivity contribution in [2.24, 2.45) is 0 Å². The maximum absolute atomic E-state index is 9.29. The van der Waals surface area contributed by atoms with Crippen LogP contribution < -0.4 is 0 Å². The fraction of sp³-hybridized carbons (Fsp3) is 0.111. The summed E-state index contributed by atoms with van der Waals surface area (Å²) in [5, 5.41) is 19.3. The molecular formula is C9H9BrO2. The summed E-state index contributed by atoms with van der Waals surface area (Å²) in [4.78, 5) is 0. The van der Waals surface area contributed by atoms with Crippen molar-refractivity contribution in [3.05, 3.63) is 29.8 Å². The molecule has 1 aromatic carbocycles. The average Bonchev–Trinajstić information content (AvgIpc) is 2.04. The predicted octanol–water partition coefficient (Wildman–Crippen LogP) is 2.51. The number of aromatic hydroxyl groups is 2. The third-order valence-electron chi connectivity index (χ3n) is 1.43. The normalized spacial score (nSPS) is 10.8. The van der Waals surface area contributed by atoms with Gasteiger partial charge in [-0.3, -0.25) is 0 Å². The summed E-state index contributed by atoms with van der Waals surface area (Å²) in [5.74, 6) is 0.180. The molecule has 64 valence electrons. The van der Waals surface area contributed by atoms with E-state index in [-0.39, 0.29) is 11.5 Å². The molecule has 0 unspecified atom stereocenters. The Balaban J connectivity index is 3.04. The number of alkyl halides is 1. The zero-order chi connectivity index (χ0) is 8.97. The lowest BCUT2D eigenvalue weighted by Gasteiger charge is -2.00. The van der Waals surface area contributed by atoms with E-state index >= 15 is 0 Å². The first kappa shape index (κ1) is 9.13. The van der Waals surface area contributed by atoms with Crippen molar-refractivity contribution < 1.29 is 10.2 Å². The van der Waals surface area contributed by atoms with Crippen LogP contribution >= 0.6 is 15.9 Å². The molecule has 0 heterocycles. The van der Waals surface area contributed by atoms with E-state index in [2.05, 4.69) is 15.9 Å². The highest BCUT2D eigenvalue weighted by molar-refractivity contribution is 9.09. The second kappa shape index (κ2) is 4.16. The molecular weight excluding hydrogens is 220 g/mol. The third kappa shape index (κ3) is 2.01. The Labute approximate surface area is 79.3 Å². The lowest BCUT2D eigenvalue weighted by Crippen LogP contribution is -1.75. The molecule has 2 N–H and O–H groups in total. The molecule has 0 atom stereocenters. The second-order valence-electron chi connectivity index (χ2n) is 2.27. The van der Waals surface area contributed by atoms with Crippen LogP contribution in [0.1, 0.15) is 5.56 Å². The van der Waals surface area contributed by atoms with Crippen LogP contribution in [0.5, 0.6) is 11.5 Å². The molecule has 0 aliphatic rings. The molecule has 0 spiro atoms. The second-order valence-corrected chi connectivity index (χ2v) is 2.91. The highest BCUT2D eigenvalue weighted by Gasteiger charge is 2.01. The number of allylic oxidation sites excluding steroid dienone is 1. The van der Waals surface area contributed by atoms with Crippen molar-refractivity contribution >= 4 is 22.0 Å². The van der Waals surface area contributed by atoms with Gasteiger partial charge in [0, 0.05) is 5.33 Å². The minimum atomic E-state index is 0.0900. The Morgan fingerprint density at radius 2 is 1.83 bits per heavy atom. The fourth-order valence-electron chi connectivity index (χ4n) is 0.874. The number of hydrogen-bond donors (Lipinski definition) is 2. The summed E-state index contributed by atoms with van der Waals surface area (Å²) in [6.07, 6.45) is 3.47. The van der Waals surface area contributed by atoms with Gasteiger partial charge < -0.3 is 10.2 Å². The van der Waals surface area contributed by atoms with Gasteiger partial charge in [0.05, 0.1) is 5.56 Å². The largest absolute Gasteiger partial charge is 0.507 e. The van der Waals surface area contributed by atoms with Crippen LogP contribution in [0, 0.1) is 0 Å². The van der Waals surface area contributed by atoms with Crippen LogP contribution in [0.3, 0.4) is 0 Å². The van der Waals surface area contributed by atoms with Crippen LogP contribution in [-0.4, -0.2) is 15.5 Å². The molecule has 2 nitrogen and oxygen atoms in total. The monoisotopic (exact) mass is 228 g/mol. The summed E-state index contributed by atoms with van der Waals surface area (Å²) < 4.78 is 0. The molecule has 0 bridgehead atoms.